The lowest BCUT2D eigenvalue weighted by Crippen LogP contribution is -2.54. The summed E-state index contributed by atoms with van der Waals surface area (Å²) in [4.78, 5) is 26.4. The van der Waals surface area contributed by atoms with Crippen LogP contribution in [-0.4, -0.2) is 72.7 Å². The molecule has 2 amide bonds. The number of sulfonamides is 1. The van der Waals surface area contributed by atoms with E-state index in [1.165, 1.54) is 16.4 Å². The summed E-state index contributed by atoms with van der Waals surface area (Å²) in [5, 5.41) is 11.0. The van der Waals surface area contributed by atoms with Crippen molar-refractivity contribution in [3.8, 4) is 0 Å². The highest BCUT2D eigenvalue weighted by Crippen LogP contribution is 2.26. The Morgan fingerprint density at radius 2 is 1.59 bits per heavy atom. The van der Waals surface area contributed by atoms with E-state index in [-0.39, 0.29) is 29.7 Å². The van der Waals surface area contributed by atoms with Gasteiger partial charge in [-0.2, -0.15) is 4.31 Å². The zero-order valence-electron chi connectivity index (χ0n) is 15.3. The number of nitrogens with zero attached hydrogens (tertiary/aromatic N) is 4. The third kappa shape index (κ3) is 4.06. The van der Waals surface area contributed by atoms with Crippen molar-refractivity contribution in [2.24, 2.45) is 0 Å². The number of carbonyl (C=O) groups excluding carboxylic acids is 1. The number of hydrogen-bond donors (Lipinski definition) is 0. The van der Waals surface area contributed by atoms with Gasteiger partial charge in [0.25, 0.3) is 5.69 Å². The highest BCUT2D eigenvalue weighted by molar-refractivity contribution is 7.89. The van der Waals surface area contributed by atoms with E-state index in [9.17, 15) is 23.3 Å². The van der Waals surface area contributed by atoms with Crippen LogP contribution in [0.2, 0.25) is 0 Å². The average molecular weight is 396 g/mol. The van der Waals surface area contributed by atoms with Gasteiger partial charge in [-0.25, -0.2) is 13.2 Å². The Balaban J connectivity index is 1.70. The van der Waals surface area contributed by atoms with Crippen LogP contribution in [0.25, 0.3) is 0 Å². The number of carbonyl (C=O) groups is 1. The molecule has 0 spiro atoms. The molecule has 2 heterocycles. The molecule has 0 unspecified atom stereocenters. The molecule has 0 N–H and O–H groups in total. The second-order valence-electron chi connectivity index (χ2n) is 6.93. The Hall–Kier alpha value is -2.20. The molecule has 0 bridgehead atoms. The molecule has 148 valence electrons. The Bertz CT molecular complexity index is 828. The van der Waals surface area contributed by atoms with Gasteiger partial charge in [0, 0.05) is 51.4 Å². The van der Waals surface area contributed by atoms with Crippen LogP contribution in [0.5, 0.6) is 0 Å². The summed E-state index contributed by atoms with van der Waals surface area (Å²) in [6.07, 6.45) is 3.15. The smallest absolute Gasteiger partial charge is 0.320 e. The Morgan fingerprint density at radius 3 is 2.19 bits per heavy atom. The Labute approximate surface area is 158 Å². The molecule has 0 aromatic heterocycles. The molecule has 2 saturated heterocycles. The number of aryl methyl sites for hydroxylation is 1. The first-order chi connectivity index (χ1) is 12.8. The highest BCUT2D eigenvalue weighted by Gasteiger charge is 2.33. The zero-order chi connectivity index (χ0) is 19.6. The van der Waals surface area contributed by atoms with Gasteiger partial charge >= 0.3 is 6.03 Å². The number of nitro groups is 1. The lowest BCUT2D eigenvalue weighted by atomic mass is 10.1. The van der Waals surface area contributed by atoms with Crippen LogP contribution < -0.4 is 0 Å². The number of piperidine rings is 1. The van der Waals surface area contributed by atoms with Crippen molar-refractivity contribution in [2.45, 2.75) is 31.1 Å². The summed E-state index contributed by atoms with van der Waals surface area (Å²) in [6.45, 7) is 4.14. The first kappa shape index (κ1) is 19.6. The first-order valence-corrected chi connectivity index (χ1v) is 10.5. The zero-order valence-corrected chi connectivity index (χ0v) is 16.2. The maximum Gasteiger partial charge on any atom is 0.320 e. The molecule has 9 nitrogen and oxygen atoms in total. The molecule has 10 heteroatoms. The summed E-state index contributed by atoms with van der Waals surface area (Å²) >= 11 is 0. The number of piperazine rings is 1. The summed E-state index contributed by atoms with van der Waals surface area (Å²) in [6, 6.07) is 3.82. The van der Waals surface area contributed by atoms with Crippen LogP contribution in [0.1, 0.15) is 24.8 Å². The predicted molar refractivity (Wildman–Crippen MR) is 99.0 cm³/mol. The van der Waals surface area contributed by atoms with E-state index in [2.05, 4.69) is 0 Å². The van der Waals surface area contributed by atoms with Crippen molar-refractivity contribution in [2.75, 3.05) is 39.3 Å². The largest absolute Gasteiger partial charge is 0.325 e. The molecule has 2 aliphatic rings. The number of urea groups is 1. The number of benzene rings is 1. The molecule has 0 radical (unpaired) electrons. The topological polar surface area (TPSA) is 104 Å². The summed E-state index contributed by atoms with van der Waals surface area (Å²) in [7, 11) is -3.85. The molecular formula is C17H24N4O5S. The van der Waals surface area contributed by atoms with Crippen molar-refractivity contribution in [1.29, 1.82) is 0 Å². The molecule has 2 aliphatic heterocycles. The van der Waals surface area contributed by atoms with Gasteiger partial charge in [0.2, 0.25) is 10.0 Å². The minimum atomic E-state index is -3.85. The Kier molecular flexibility index (Phi) is 5.66. The maximum absolute atomic E-state index is 13.0. The van der Waals surface area contributed by atoms with E-state index in [1.807, 2.05) is 4.90 Å². The second-order valence-corrected chi connectivity index (χ2v) is 8.83. The maximum atomic E-state index is 13.0. The van der Waals surface area contributed by atoms with Gasteiger partial charge < -0.3 is 9.80 Å². The number of amides is 2. The van der Waals surface area contributed by atoms with E-state index in [0.29, 0.717) is 18.7 Å². The minimum absolute atomic E-state index is 0.0294. The molecule has 1 aromatic rings. The van der Waals surface area contributed by atoms with Gasteiger partial charge in [-0.3, -0.25) is 10.1 Å². The summed E-state index contributed by atoms with van der Waals surface area (Å²) < 4.78 is 27.2. The summed E-state index contributed by atoms with van der Waals surface area (Å²) in [5.74, 6) is 0. The molecule has 0 atom stereocenters. The first-order valence-electron chi connectivity index (χ1n) is 9.10. The van der Waals surface area contributed by atoms with Crippen LogP contribution in [0.15, 0.2) is 23.1 Å². The predicted octanol–water partition coefficient (Wildman–Crippen LogP) is 1.82. The van der Waals surface area contributed by atoms with Crippen molar-refractivity contribution >= 4 is 21.7 Å². The number of likely N-dealkylation sites (tertiary alicyclic amines) is 1. The SMILES string of the molecule is Cc1ccc([N+](=O)[O-])cc1S(=O)(=O)N1CCN(C(=O)N2CCCCC2)CC1. The molecule has 1 aromatic carbocycles. The van der Waals surface area contributed by atoms with E-state index >= 15 is 0 Å². The molecule has 0 saturated carbocycles. The van der Waals surface area contributed by atoms with Gasteiger partial charge in [0.15, 0.2) is 0 Å². The van der Waals surface area contributed by atoms with Crippen molar-refractivity contribution in [3.63, 3.8) is 0 Å². The van der Waals surface area contributed by atoms with E-state index in [0.717, 1.165) is 38.4 Å². The lowest BCUT2D eigenvalue weighted by molar-refractivity contribution is -0.385. The quantitative estimate of drug-likeness (QED) is 0.572. The number of nitro benzene ring substituents is 1. The third-order valence-corrected chi connectivity index (χ3v) is 7.18. The van der Waals surface area contributed by atoms with E-state index < -0.39 is 14.9 Å². The van der Waals surface area contributed by atoms with Crippen molar-refractivity contribution < 1.29 is 18.1 Å². The van der Waals surface area contributed by atoms with Crippen LogP contribution >= 0.6 is 0 Å². The lowest BCUT2D eigenvalue weighted by Gasteiger charge is -2.38. The molecule has 3 rings (SSSR count). The van der Waals surface area contributed by atoms with E-state index in [4.69, 9.17) is 0 Å². The van der Waals surface area contributed by atoms with Crippen molar-refractivity contribution in [3.05, 3.63) is 33.9 Å². The fourth-order valence-corrected chi connectivity index (χ4v) is 5.19. The second kappa shape index (κ2) is 7.81. The normalized spacial score (nSPS) is 19.1. The van der Waals surface area contributed by atoms with Gasteiger partial charge in [-0.05, 0) is 31.7 Å². The van der Waals surface area contributed by atoms with Gasteiger partial charge in [0.05, 0.1) is 9.82 Å². The van der Waals surface area contributed by atoms with Crippen molar-refractivity contribution in [1.82, 2.24) is 14.1 Å². The Morgan fingerprint density at radius 1 is 1.00 bits per heavy atom. The molecule has 0 aliphatic carbocycles. The van der Waals surface area contributed by atoms with Gasteiger partial charge in [-0.1, -0.05) is 6.07 Å². The fraction of sp³-hybridized carbons (Fsp3) is 0.588. The average Bonchev–Trinajstić information content (AvgIpc) is 2.68. The van der Waals surface area contributed by atoms with E-state index in [1.54, 1.807) is 11.8 Å². The standard InChI is InChI=1S/C17H24N4O5S/c1-14-5-6-15(21(23)24)13-16(14)27(25,26)20-11-9-19(10-12-20)17(22)18-7-3-2-4-8-18/h5-6,13H,2-4,7-12H2,1H3. The fourth-order valence-electron chi connectivity index (χ4n) is 3.52. The third-order valence-electron chi connectivity index (χ3n) is 5.14. The van der Waals surface area contributed by atoms with Crippen LogP contribution in [0, 0.1) is 17.0 Å². The van der Waals surface area contributed by atoms with Crippen LogP contribution in [0.3, 0.4) is 0 Å². The van der Waals surface area contributed by atoms with Gasteiger partial charge in [-0.15, -0.1) is 0 Å². The van der Waals surface area contributed by atoms with Crippen LogP contribution in [-0.2, 0) is 10.0 Å². The van der Waals surface area contributed by atoms with Gasteiger partial charge in [0.1, 0.15) is 0 Å². The molecule has 2 fully saturated rings. The number of hydrogen-bond acceptors (Lipinski definition) is 5. The number of rotatable bonds is 3. The highest BCUT2D eigenvalue weighted by atomic mass is 32.2. The minimum Gasteiger partial charge on any atom is -0.325 e. The van der Waals surface area contributed by atoms with Crippen LogP contribution in [0.4, 0.5) is 10.5 Å². The molecular weight excluding hydrogens is 372 g/mol. The number of non-ortho nitro benzene ring substituents is 1. The summed E-state index contributed by atoms with van der Waals surface area (Å²) in [5.41, 5.74) is 0.213. The molecule has 27 heavy (non-hydrogen) atoms. The monoisotopic (exact) mass is 396 g/mol.